The topological polar surface area (TPSA) is 73.9 Å². The highest BCUT2D eigenvalue weighted by Gasteiger charge is 2.18. The van der Waals surface area contributed by atoms with E-state index in [2.05, 4.69) is 46.4 Å². The number of hydrogen-bond donors (Lipinski definition) is 3. The highest BCUT2D eigenvalue weighted by molar-refractivity contribution is 5.77. The number of benzene rings is 1. The molecule has 0 radical (unpaired) electrons. The van der Waals surface area contributed by atoms with Crippen molar-refractivity contribution in [3.8, 4) is 0 Å². The molecule has 0 unspecified atom stereocenters. The van der Waals surface area contributed by atoms with Crippen LogP contribution < -0.4 is 16.0 Å². The van der Waals surface area contributed by atoms with Gasteiger partial charge < -0.3 is 21.1 Å². The Morgan fingerprint density at radius 2 is 1.92 bits per heavy atom. The lowest BCUT2D eigenvalue weighted by atomic mass is 9.97. The lowest BCUT2D eigenvalue weighted by Crippen LogP contribution is -2.34. The van der Waals surface area contributed by atoms with Gasteiger partial charge in [0.15, 0.2) is 5.96 Å². The van der Waals surface area contributed by atoms with Gasteiger partial charge in [0.25, 0.3) is 0 Å². The first-order valence-corrected chi connectivity index (χ1v) is 9.71. The van der Waals surface area contributed by atoms with E-state index in [1.807, 2.05) is 0 Å². The van der Waals surface area contributed by atoms with Gasteiger partial charge in [0.1, 0.15) is 0 Å². The number of rotatable bonds is 9. The molecule has 1 aromatic rings. The van der Waals surface area contributed by atoms with Crippen LogP contribution in [-0.4, -0.2) is 37.3 Å². The van der Waals surface area contributed by atoms with Crippen LogP contribution in [0.3, 0.4) is 0 Å². The zero-order chi connectivity index (χ0) is 17.9. The molecule has 0 atom stereocenters. The van der Waals surface area contributed by atoms with Crippen molar-refractivity contribution in [3.63, 3.8) is 0 Å². The highest BCUT2D eigenvalue weighted by atomic mass is 16.3. The van der Waals surface area contributed by atoms with Gasteiger partial charge in [-0.2, -0.15) is 0 Å². The standard InChI is InChI=1S/C20H34N4O/c1-2-3-4-5-12-22-20(21)23-15-17-6-8-19(9-7-17)24-13-10-18(16-25)11-14-24/h6-9,18,25H,2-5,10-16H2,1H3,(H3,21,22,23). The maximum Gasteiger partial charge on any atom is 0.188 e. The number of nitrogens with one attached hydrogen (secondary N) is 1. The number of aliphatic hydroxyl groups excluding tert-OH is 1. The predicted octanol–water partition coefficient (Wildman–Crippen LogP) is 2.88. The number of unbranched alkanes of at least 4 members (excludes halogenated alkanes) is 3. The van der Waals surface area contributed by atoms with Crippen LogP contribution in [-0.2, 0) is 6.54 Å². The van der Waals surface area contributed by atoms with Crippen molar-refractivity contribution in [2.45, 2.75) is 52.0 Å². The second-order valence-corrected chi connectivity index (χ2v) is 6.97. The summed E-state index contributed by atoms with van der Waals surface area (Å²) in [5.41, 5.74) is 8.35. The summed E-state index contributed by atoms with van der Waals surface area (Å²) in [7, 11) is 0. The number of anilines is 1. The Balaban J connectivity index is 1.73. The van der Waals surface area contributed by atoms with Gasteiger partial charge in [-0.1, -0.05) is 38.3 Å². The second-order valence-electron chi connectivity index (χ2n) is 6.97. The van der Waals surface area contributed by atoms with E-state index in [1.165, 1.54) is 30.5 Å². The first-order chi connectivity index (χ1) is 12.2. The average Bonchev–Trinajstić information content (AvgIpc) is 2.67. The van der Waals surface area contributed by atoms with Crippen molar-refractivity contribution in [1.29, 1.82) is 0 Å². The SMILES string of the molecule is CCCCCCNC(N)=NCc1ccc(N2CCC(CO)CC2)cc1. The quantitative estimate of drug-likeness (QED) is 0.365. The number of aliphatic imine (C=N–C) groups is 1. The first kappa shape index (κ1) is 19.6. The van der Waals surface area contributed by atoms with Gasteiger partial charge >= 0.3 is 0 Å². The Morgan fingerprint density at radius 3 is 2.56 bits per heavy atom. The third-order valence-electron chi connectivity index (χ3n) is 4.94. The molecule has 0 bridgehead atoms. The summed E-state index contributed by atoms with van der Waals surface area (Å²) in [5.74, 6) is 1.01. The number of nitrogens with zero attached hydrogens (tertiary/aromatic N) is 2. The van der Waals surface area contributed by atoms with Gasteiger partial charge in [0, 0.05) is 31.9 Å². The molecule has 1 saturated heterocycles. The van der Waals surface area contributed by atoms with Crippen LogP contribution in [0.1, 0.15) is 51.0 Å². The van der Waals surface area contributed by atoms with Crippen molar-refractivity contribution in [1.82, 2.24) is 5.32 Å². The minimum Gasteiger partial charge on any atom is -0.396 e. The summed E-state index contributed by atoms with van der Waals surface area (Å²) in [6, 6.07) is 8.59. The van der Waals surface area contributed by atoms with Gasteiger partial charge in [-0.15, -0.1) is 0 Å². The summed E-state index contributed by atoms with van der Waals surface area (Å²) >= 11 is 0. The van der Waals surface area contributed by atoms with E-state index in [-0.39, 0.29) is 0 Å². The summed E-state index contributed by atoms with van der Waals surface area (Å²) in [4.78, 5) is 6.81. The van der Waals surface area contributed by atoms with E-state index in [9.17, 15) is 5.11 Å². The van der Waals surface area contributed by atoms with E-state index in [4.69, 9.17) is 5.73 Å². The summed E-state index contributed by atoms with van der Waals surface area (Å²) in [6.45, 7) is 6.10. The van der Waals surface area contributed by atoms with E-state index in [1.54, 1.807) is 0 Å². The zero-order valence-corrected chi connectivity index (χ0v) is 15.6. The summed E-state index contributed by atoms with van der Waals surface area (Å²) in [5, 5.41) is 12.4. The molecule has 1 aromatic carbocycles. The van der Waals surface area contributed by atoms with Crippen molar-refractivity contribution in [2.24, 2.45) is 16.6 Å². The number of piperidine rings is 1. The van der Waals surface area contributed by atoms with Crippen molar-refractivity contribution >= 4 is 11.6 Å². The molecule has 1 aliphatic rings. The van der Waals surface area contributed by atoms with Gasteiger partial charge in [-0.3, -0.25) is 0 Å². The lowest BCUT2D eigenvalue weighted by Gasteiger charge is -2.32. The monoisotopic (exact) mass is 346 g/mol. The molecule has 5 nitrogen and oxygen atoms in total. The van der Waals surface area contributed by atoms with Gasteiger partial charge in [-0.05, 0) is 42.9 Å². The van der Waals surface area contributed by atoms with Crippen LogP contribution in [0.4, 0.5) is 5.69 Å². The third-order valence-corrected chi connectivity index (χ3v) is 4.94. The Hall–Kier alpha value is -1.75. The molecule has 1 fully saturated rings. The molecule has 1 heterocycles. The molecule has 5 heteroatoms. The van der Waals surface area contributed by atoms with E-state index in [0.717, 1.165) is 38.9 Å². The Bertz CT molecular complexity index is 507. The zero-order valence-electron chi connectivity index (χ0n) is 15.6. The number of nitrogens with two attached hydrogens (primary N) is 1. The van der Waals surface area contributed by atoms with Crippen LogP contribution in [0.15, 0.2) is 29.3 Å². The van der Waals surface area contributed by atoms with Crippen molar-refractivity contribution < 1.29 is 5.11 Å². The molecule has 140 valence electrons. The number of hydrogen-bond acceptors (Lipinski definition) is 3. The fourth-order valence-electron chi connectivity index (χ4n) is 3.19. The molecular formula is C20H34N4O. The normalized spacial score (nSPS) is 16.2. The van der Waals surface area contributed by atoms with E-state index < -0.39 is 0 Å². The summed E-state index contributed by atoms with van der Waals surface area (Å²) < 4.78 is 0. The maximum absolute atomic E-state index is 9.23. The molecule has 0 aromatic heterocycles. The maximum atomic E-state index is 9.23. The molecule has 1 aliphatic heterocycles. The third kappa shape index (κ3) is 6.94. The number of aliphatic hydroxyl groups is 1. The van der Waals surface area contributed by atoms with Crippen LogP contribution in [0, 0.1) is 5.92 Å². The van der Waals surface area contributed by atoms with Crippen molar-refractivity contribution in [2.75, 3.05) is 31.1 Å². The van der Waals surface area contributed by atoms with E-state index >= 15 is 0 Å². The molecule has 0 saturated carbocycles. The fraction of sp³-hybridized carbons (Fsp3) is 0.650. The predicted molar refractivity (Wildman–Crippen MR) is 106 cm³/mol. The Morgan fingerprint density at radius 1 is 1.20 bits per heavy atom. The largest absolute Gasteiger partial charge is 0.396 e. The lowest BCUT2D eigenvalue weighted by molar-refractivity contribution is 0.203. The minimum absolute atomic E-state index is 0.318. The molecule has 0 aliphatic carbocycles. The first-order valence-electron chi connectivity index (χ1n) is 9.71. The molecule has 25 heavy (non-hydrogen) atoms. The highest BCUT2D eigenvalue weighted by Crippen LogP contribution is 2.23. The summed E-state index contributed by atoms with van der Waals surface area (Å²) in [6.07, 6.45) is 7.06. The van der Waals surface area contributed by atoms with E-state index in [0.29, 0.717) is 25.0 Å². The number of guanidine groups is 1. The average molecular weight is 347 g/mol. The minimum atomic E-state index is 0.318. The van der Waals surface area contributed by atoms with Gasteiger partial charge in [0.05, 0.1) is 6.54 Å². The van der Waals surface area contributed by atoms with Crippen LogP contribution in [0.25, 0.3) is 0 Å². The molecule has 2 rings (SSSR count). The molecule has 4 N–H and O–H groups in total. The van der Waals surface area contributed by atoms with Gasteiger partial charge in [0.2, 0.25) is 0 Å². The van der Waals surface area contributed by atoms with Crippen molar-refractivity contribution in [3.05, 3.63) is 29.8 Å². The smallest absolute Gasteiger partial charge is 0.188 e. The fourth-order valence-corrected chi connectivity index (χ4v) is 3.19. The molecular weight excluding hydrogens is 312 g/mol. The van der Waals surface area contributed by atoms with Crippen LogP contribution >= 0.6 is 0 Å². The van der Waals surface area contributed by atoms with Crippen LogP contribution in [0.5, 0.6) is 0 Å². The van der Waals surface area contributed by atoms with Crippen LogP contribution in [0.2, 0.25) is 0 Å². The Labute approximate surface area is 152 Å². The second kappa shape index (κ2) is 11.0. The molecule has 0 amide bonds. The van der Waals surface area contributed by atoms with Gasteiger partial charge in [-0.25, -0.2) is 4.99 Å². The molecule has 0 spiro atoms. The Kier molecular flexibility index (Phi) is 8.60.